The second-order valence-corrected chi connectivity index (χ2v) is 5.31. The van der Waals surface area contributed by atoms with Crippen LogP contribution in [0, 0.1) is 17.3 Å². The molecule has 0 spiro atoms. The van der Waals surface area contributed by atoms with E-state index in [9.17, 15) is 9.90 Å². The van der Waals surface area contributed by atoms with Gasteiger partial charge in [-0.1, -0.05) is 12.8 Å². The molecule has 2 fully saturated rings. The number of carboxylic acids is 1. The Morgan fingerprint density at radius 1 is 1.40 bits per heavy atom. The van der Waals surface area contributed by atoms with Gasteiger partial charge in [0, 0.05) is 5.92 Å². The molecular weight excluding hydrogens is 192 g/mol. The summed E-state index contributed by atoms with van der Waals surface area (Å²) in [5.41, 5.74) is -0.509. The van der Waals surface area contributed by atoms with Crippen molar-refractivity contribution in [1.82, 2.24) is 0 Å². The van der Waals surface area contributed by atoms with Crippen molar-refractivity contribution >= 4 is 5.97 Å². The number of rotatable bonds is 4. The van der Waals surface area contributed by atoms with E-state index in [4.69, 9.17) is 4.74 Å². The average molecular weight is 212 g/mol. The fourth-order valence-electron chi connectivity index (χ4n) is 2.99. The molecule has 15 heavy (non-hydrogen) atoms. The highest BCUT2D eigenvalue weighted by Gasteiger charge is 2.44. The Balaban J connectivity index is 2.03. The van der Waals surface area contributed by atoms with Crippen LogP contribution in [-0.4, -0.2) is 24.3 Å². The third kappa shape index (κ3) is 2.03. The van der Waals surface area contributed by atoms with Crippen LogP contribution in [0.5, 0.6) is 0 Å². The summed E-state index contributed by atoms with van der Waals surface area (Å²) in [6.45, 7) is 3.45. The lowest BCUT2D eigenvalue weighted by molar-refractivity contribution is -0.156. The lowest BCUT2D eigenvalue weighted by Gasteiger charge is -2.37. The Hall–Kier alpha value is -0.570. The molecular formula is C12H20O3. The maximum Gasteiger partial charge on any atom is 0.309 e. The predicted molar refractivity (Wildman–Crippen MR) is 56.6 cm³/mol. The Labute approximate surface area is 90.8 Å². The van der Waals surface area contributed by atoms with Crippen LogP contribution in [0.15, 0.2) is 0 Å². The molecule has 0 aromatic rings. The lowest BCUT2D eigenvalue weighted by Crippen LogP contribution is -2.41. The quantitative estimate of drug-likeness (QED) is 0.777. The molecule has 3 nitrogen and oxygen atoms in total. The summed E-state index contributed by atoms with van der Waals surface area (Å²) in [6.07, 6.45) is 5.39. The van der Waals surface area contributed by atoms with E-state index in [0.717, 1.165) is 32.5 Å². The van der Waals surface area contributed by atoms with Gasteiger partial charge in [0.2, 0.25) is 0 Å². The molecule has 3 heteroatoms. The topological polar surface area (TPSA) is 46.5 Å². The van der Waals surface area contributed by atoms with Crippen LogP contribution in [0.25, 0.3) is 0 Å². The van der Waals surface area contributed by atoms with Gasteiger partial charge in [-0.05, 0) is 32.1 Å². The minimum atomic E-state index is -0.610. The van der Waals surface area contributed by atoms with E-state index in [1.54, 1.807) is 0 Å². The first-order chi connectivity index (χ1) is 7.13. The minimum Gasteiger partial charge on any atom is -0.481 e. The van der Waals surface area contributed by atoms with Gasteiger partial charge in [0.25, 0.3) is 0 Å². The summed E-state index contributed by atoms with van der Waals surface area (Å²) in [4.78, 5) is 11.4. The van der Waals surface area contributed by atoms with Crippen LogP contribution in [0.4, 0.5) is 0 Å². The smallest absolute Gasteiger partial charge is 0.309 e. The van der Waals surface area contributed by atoms with Crippen molar-refractivity contribution in [2.24, 2.45) is 17.3 Å². The van der Waals surface area contributed by atoms with Crippen LogP contribution in [0.2, 0.25) is 0 Å². The summed E-state index contributed by atoms with van der Waals surface area (Å²) >= 11 is 0. The van der Waals surface area contributed by atoms with E-state index in [1.807, 2.05) is 6.92 Å². The Morgan fingerprint density at radius 2 is 2.00 bits per heavy atom. The molecule has 0 aromatic heterocycles. The average Bonchev–Trinajstić information content (AvgIpc) is 2.63. The maximum absolute atomic E-state index is 11.4. The summed E-state index contributed by atoms with van der Waals surface area (Å²) in [5, 5.41) is 9.42. The largest absolute Gasteiger partial charge is 0.481 e. The van der Waals surface area contributed by atoms with Crippen LogP contribution in [-0.2, 0) is 9.53 Å². The van der Waals surface area contributed by atoms with E-state index in [-0.39, 0.29) is 0 Å². The molecule has 86 valence electrons. The van der Waals surface area contributed by atoms with Gasteiger partial charge in [-0.3, -0.25) is 4.79 Å². The molecule has 0 bridgehead atoms. The van der Waals surface area contributed by atoms with Gasteiger partial charge in [-0.2, -0.15) is 0 Å². The number of hydrogen-bond acceptors (Lipinski definition) is 2. The number of aliphatic carboxylic acids is 1. The summed E-state index contributed by atoms with van der Waals surface area (Å²) < 4.78 is 5.13. The van der Waals surface area contributed by atoms with Gasteiger partial charge in [-0.25, -0.2) is 0 Å². The van der Waals surface area contributed by atoms with Gasteiger partial charge < -0.3 is 9.84 Å². The number of carbonyl (C=O) groups is 1. The van der Waals surface area contributed by atoms with Crippen molar-refractivity contribution in [1.29, 1.82) is 0 Å². The monoisotopic (exact) mass is 212 g/mol. The van der Waals surface area contributed by atoms with Gasteiger partial charge in [-0.15, -0.1) is 0 Å². The molecule has 1 unspecified atom stereocenters. The molecule has 1 heterocycles. The zero-order chi connectivity index (χ0) is 10.9. The molecule has 1 aliphatic carbocycles. The lowest BCUT2D eigenvalue weighted by atomic mass is 9.70. The van der Waals surface area contributed by atoms with Crippen LogP contribution in [0.1, 0.15) is 39.0 Å². The fourth-order valence-corrected chi connectivity index (χ4v) is 2.99. The molecule has 0 aromatic carbocycles. The molecule has 1 N–H and O–H groups in total. The second-order valence-electron chi connectivity index (χ2n) is 5.31. The maximum atomic E-state index is 11.4. The van der Waals surface area contributed by atoms with Crippen LogP contribution < -0.4 is 0 Å². The van der Waals surface area contributed by atoms with Crippen molar-refractivity contribution in [2.45, 2.75) is 39.0 Å². The van der Waals surface area contributed by atoms with Crippen molar-refractivity contribution in [3.63, 3.8) is 0 Å². The predicted octanol–water partition coefficient (Wildman–Crippen LogP) is 2.30. The minimum absolute atomic E-state index is 0.385. The third-order valence-corrected chi connectivity index (χ3v) is 4.16. The second kappa shape index (κ2) is 4.12. The van der Waals surface area contributed by atoms with E-state index >= 15 is 0 Å². The molecule has 1 atom stereocenters. The van der Waals surface area contributed by atoms with E-state index in [0.29, 0.717) is 11.8 Å². The molecule has 0 radical (unpaired) electrons. The highest BCUT2D eigenvalue weighted by molar-refractivity contribution is 5.74. The Morgan fingerprint density at radius 3 is 2.40 bits per heavy atom. The van der Waals surface area contributed by atoms with Crippen molar-refractivity contribution < 1.29 is 14.6 Å². The van der Waals surface area contributed by atoms with Crippen LogP contribution >= 0.6 is 0 Å². The standard InChI is InChI=1S/C12H20O3/c1-12(11(13)14,6-9-7-15-8-9)10-4-2-3-5-10/h9-10H,2-8H2,1H3,(H,13,14). The SMILES string of the molecule is CC(CC1COC1)(C(=O)O)C1CCCC1. The van der Waals surface area contributed by atoms with Gasteiger partial charge in [0.05, 0.1) is 18.6 Å². The number of carboxylic acid groups (broad SMARTS) is 1. The third-order valence-electron chi connectivity index (χ3n) is 4.16. The first-order valence-corrected chi connectivity index (χ1v) is 5.94. The molecule has 0 amide bonds. The first-order valence-electron chi connectivity index (χ1n) is 5.94. The molecule has 1 aliphatic heterocycles. The van der Waals surface area contributed by atoms with Crippen LogP contribution in [0.3, 0.4) is 0 Å². The molecule has 2 rings (SSSR count). The van der Waals surface area contributed by atoms with Gasteiger partial charge in [0.1, 0.15) is 0 Å². The molecule has 1 saturated carbocycles. The highest BCUT2D eigenvalue weighted by atomic mass is 16.5. The van der Waals surface area contributed by atoms with E-state index < -0.39 is 11.4 Å². The highest BCUT2D eigenvalue weighted by Crippen LogP contribution is 2.45. The summed E-state index contributed by atoms with van der Waals surface area (Å²) in [6, 6.07) is 0. The number of ether oxygens (including phenoxy) is 1. The normalized spacial score (nSPS) is 27.3. The zero-order valence-corrected chi connectivity index (χ0v) is 9.37. The number of hydrogen-bond donors (Lipinski definition) is 1. The summed E-state index contributed by atoms with van der Waals surface area (Å²) in [5.74, 6) is 0.253. The van der Waals surface area contributed by atoms with Gasteiger partial charge >= 0.3 is 5.97 Å². The van der Waals surface area contributed by atoms with Gasteiger partial charge in [0.15, 0.2) is 0 Å². The van der Waals surface area contributed by atoms with Crippen molar-refractivity contribution in [3.8, 4) is 0 Å². The first kappa shape index (κ1) is 10.9. The van der Waals surface area contributed by atoms with E-state index in [1.165, 1.54) is 12.8 Å². The zero-order valence-electron chi connectivity index (χ0n) is 9.37. The Bertz CT molecular complexity index is 241. The van der Waals surface area contributed by atoms with Crippen molar-refractivity contribution in [2.75, 3.05) is 13.2 Å². The van der Waals surface area contributed by atoms with Crippen molar-refractivity contribution in [3.05, 3.63) is 0 Å². The Kier molecular flexibility index (Phi) is 3.01. The fraction of sp³-hybridized carbons (Fsp3) is 0.917. The molecule has 2 aliphatic rings. The van der Waals surface area contributed by atoms with E-state index in [2.05, 4.69) is 0 Å². The molecule has 1 saturated heterocycles. The summed E-state index contributed by atoms with van der Waals surface area (Å²) in [7, 11) is 0.